The van der Waals surface area contributed by atoms with Crippen LogP contribution < -0.4 is 0 Å². The van der Waals surface area contributed by atoms with E-state index in [0.717, 1.165) is 22.2 Å². The Morgan fingerprint density at radius 1 is 1.00 bits per heavy atom. The Morgan fingerprint density at radius 2 is 1.70 bits per heavy atom. The van der Waals surface area contributed by atoms with Gasteiger partial charge in [0.15, 0.2) is 5.76 Å². The predicted molar refractivity (Wildman–Crippen MR) is 83.2 cm³/mol. The van der Waals surface area contributed by atoms with E-state index in [1.165, 1.54) is 5.56 Å². The highest BCUT2D eigenvalue weighted by atomic mass is 35.5. The van der Waals surface area contributed by atoms with E-state index in [-0.39, 0.29) is 5.41 Å². The SMILES string of the molecule is CC(C)(C)c1ccc2noc(-c3ccc(Cl)cc3)c2c1. The van der Waals surface area contributed by atoms with E-state index >= 15 is 0 Å². The second-order valence-electron chi connectivity index (χ2n) is 6.00. The topological polar surface area (TPSA) is 26.0 Å². The maximum atomic E-state index is 5.93. The third kappa shape index (κ3) is 2.32. The summed E-state index contributed by atoms with van der Waals surface area (Å²) in [6.45, 7) is 6.59. The minimum absolute atomic E-state index is 0.0999. The molecule has 3 aromatic rings. The van der Waals surface area contributed by atoms with Crippen molar-refractivity contribution in [2.75, 3.05) is 0 Å². The zero-order valence-corrected chi connectivity index (χ0v) is 12.5. The number of fused-ring (bicyclic) bond motifs is 1. The summed E-state index contributed by atoms with van der Waals surface area (Å²) in [6.07, 6.45) is 0. The van der Waals surface area contributed by atoms with Crippen molar-refractivity contribution in [1.29, 1.82) is 0 Å². The summed E-state index contributed by atoms with van der Waals surface area (Å²) in [5, 5.41) is 5.89. The lowest BCUT2D eigenvalue weighted by atomic mass is 9.86. The van der Waals surface area contributed by atoms with Gasteiger partial charge >= 0.3 is 0 Å². The van der Waals surface area contributed by atoms with E-state index in [4.69, 9.17) is 16.1 Å². The van der Waals surface area contributed by atoms with Gasteiger partial charge < -0.3 is 4.52 Å². The highest BCUT2D eigenvalue weighted by Crippen LogP contribution is 2.33. The molecule has 0 saturated carbocycles. The van der Waals surface area contributed by atoms with Crippen LogP contribution in [0.15, 0.2) is 47.0 Å². The number of rotatable bonds is 1. The van der Waals surface area contributed by atoms with Gasteiger partial charge in [0.1, 0.15) is 5.52 Å². The Kier molecular flexibility index (Phi) is 3.06. The summed E-state index contributed by atoms with van der Waals surface area (Å²) in [4.78, 5) is 0. The van der Waals surface area contributed by atoms with Crippen LogP contribution in [0.5, 0.6) is 0 Å². The molecule has 0 aliphatic heterocycles. The van der Waals surface area contributed by atoms with E-state index in [1.807, 2.05) is 30.3 Å². The Labute approximate surface area is 123 Å². The molecule has 102 valence electrons. The lowest BCUT2D eigenvalue weighted by Crippen LogP contribution is -2.10. The van der Waals surface area contributed by atoms with Crippen LogP contribution in [0.3, 0.4) is 0 Å². The molecule has 0 N–H and O–H groups in total. The van der Waals surface area contributed by atoms with Crippen LogP contribution in [0.4, 0.5) is 0 Å². The molecule has 20 heavy (non-hydrogen) atoms. The lowest BCUT2D eigenvalue weighted by Gasteiger charge is -2.18. The van der Waals surface area contributed by atoms with Crippen LogP contribution in [0.25, 0.3) is 22.2 Å². The Morgan fingerprint density at radius 3 is 2.35 bits per heavy atom. The van der Waals surface area contributed by atoms with Gasteiger partial charge in [-0.15, -0.1) is 0 Å². The summed E-state index contributed by atoms with van der Waals surface area (Å²) in [6, 6.07) is 13.9. The molecule has 1 aromatic heterocycles. The number of aromatic nitrogens is 1. The average molecular weight is 286 g/mol. The van der Waals surface area contributed by atoms with Crippen molar-refractivity contribution in [2.45, 2.75) is 26.2 Å². The molecule has 0 amide bonds. The summed E-state index contributed by atoms with van der Waals surface area (Å²) in [5.41, 5.74) is 3.23. The molecule has 1 heterocycles. The fraction of sp³-hybridized carbons (Fsp3) is 0.235. The van der Waals surface area contributed by atoms with Crippen LogP contribution in [0.1, 0.15) is 26.3 Å². The molecule has 0 bridgehead atoms. The van der Waals surface area contributed by atoms with Crippen LogP contribution in [0, 0.1) is 0 Å². The lowest BCUT2D eigenvalue weighted by molar-refractivity contribution is 0.441. The second kappa shape index (κ2) is 4.64. The quantitative estimate of drug-likeness (QED) is 0.594. The molecule has 0 aliphatic rings. The minimum Gasteiger partial charge on any atom is -0.355 e. The van der Waals surface area contributed by atoms with E-state index in [1.54, 1.807) is 0 Å². The van der Waals surface area contributed by atoms with E-state index in [9.17, 15) is 0 Å². The first-order valence-corrected chi connectivity index (χ1v) is 6.99. The highest BCUT2D eigenvalue weighted by Gasteiger charge is 2.17. The Balaban J connectivity index is 2.19. The molecule has 0 atom stereocenters. The number of halogens is 1. The van der Waals surface area contributed by atoms with Crippen molar-refractivity contribution in [3.63, 3.8) is 0 Å². The number of nitrogens with zero attached hydrogens (tertiary/aromatic N) is 1. The van der Waals surface area contributed by atoms with Crippen molar-refractivity contribution < 1.29 is 4.52 Å². The van der Waals surface area contributed by atoms with E-state index in [2.05, 4.69) is 38.1 Å². The normalized spacial score (nSPS) is 12.0. The molecule has 0 fully saturated rings. The van der Waals surface area contributed by atoms with Crippen molar-refractivity contribution in [2.24, 2.45) is 0 Å². The molecule has 3 heteroatoms. The zero-order valence-electron chi connectivity index (χ0n) is 11.8. The summed E-state index contributed by atoms with van der Waals surface area (Å²) in [7, 11) is 0. The third-order valence-electron chi connectivity index (χ3n) is 3.45. The standard InChI is InChI=1S/C17H16ClNO/c1-17(2,3)12-6-9-15-14(10-12)16(20-19-15)11-4-7-13(18)8-5-11/h4-10H,1-3H3. The number of hydrogen-bond acceptors (Lipinski definition) is 2. The van der Waals surface area contributed by atoms with Gasteiger partial charge in [0, 0.05) is 16.0 Å². The minimum atomic E-state index is 0.0999. The zero-order chi connectivity index (χ0) is 14.3. The molecule has 0 saturated heterocycles. The third-order valence-corrected chi connectivity index (χ3v) is 3.70. The van der Waals surface area contributed by atoms with Gasteiger partial charge in [0.25, 0.3) is 0 Å². The van der Waals surface area contributed by atoms with Gasteiger partial charge in [-0.05, 0) is 47.4 Å². The van der Waals surface area contributed by atoms with E-state index in [0.29, 0.717) is 5.02 Å². The largest absolute Gasteiger partial charge is 0.355 e. The second-order valence-corrected chi connectivity index (χ2v) is 6.44. The fourth-order valence-corrected chi connectivity index (χ4v) is 2.34. The van der Waals surface area contributed by atoms with Crippen molar-refractivity contribution in [3.8, 4) is 11.3 Å². The monoisotopic (exact) mass is 285 g/mol. The first kappa shape index (κ1) is 13.2. The summed E-state index contributed by atoms with van der Waals surface area (Å²) in [5.74, 6) is 0.794. The first-order chi connectivity index (χ1) is 9.45. The Bertz CT molecular complexity index is 751. The molecule has 0 unspecified atom stereocenters. The fourth-order valence-electron chi connectivity index (χ4n) is 2.22. The smallest absolute Gasteiger partial charge is 0.174 e. The van der Waals surface area contributed by atoms with Crippen LogP contribution in [-0.4, -0.2) is 5.16 Å². The maximum Gasteiger partial charge on any atom is 0.174 e. The van der Waals surface area contributed by atoms with Crippen molar-refractivity contribution in [1.82, 2.24) is 5.16 Å². The van der Waals surface area contributed by atoms with Gasteiger partial charge in [-0.3, -0.25) is 0 Å². The molecule has 0 radical (unpaired) electrons. The molecule has 2 aromatic carbocycles. The van der Waals surface area contributed by atoms with Gasteiger partial charge in [0.05, 0.1) is 0 Å². The van der Waals surface area contributed by atoms with Crippen molar-refractivity contribution >= 4 is 22.5 Å². The van der Waals surface area contributed by atoms with Crippen molar-refractivity contribution in [3.05, 3.63) is 53.1 Å². The van der Waals surface area contributed by atoms with Gasteiger partial charge in [0.2, 0.25) is 0 Å². The van der Waals surface area contributed by atoms with Crippen LogP contribution >= 0.6 is 11.6 Å². The molecular weight excluding hydrogens is 270 g/mol. The number of hydrogen-bond donors (Lipinski definition) is 0. The molecule has 3 rings (SSSR count). The van der Waals surface area contributed by atoms with Gasteiger partial charge in [-0.25, -0.2) is 0 Å². The molecule has 0 aliphatic carbocycles. The Hall–Kier alpha value is -1.80. The van der Waals surface area contributed by atoms with Crippen LogP contribution in [0.2, 0.25) is 5.02 Å². The highest BCUT2D eigenvalue weighted by molar-refractivity contribution is 6.30. The summed E-state index contributed by atoms with van der Waals surface area (Å²) < 4.78 is 5.52. The molecular formula is C17H16ClNO. The summed E-state index contributed by atoms with van der Waals surface area (Å²) >= 11 is 5.93. The average Bonchev–Trinajstić information content (AvgIpc) is 2.81. The maximum absolute atomic E-state index is 5.93. The van der Waals surface area contributed by atoms with Crippen LogP contribution in [-0.2, 0) is 5.41 Å². The molecule has 2 nitrogen and oxygen atoms in total. The molecule has 0 spiro atoms. The van der Waals surface area contributed by atoms with Gasteiger partial charge in [-0.1, -0.05) is 43.6 Å². The van der Waals surface area contributed by atoms with Gasteiger partial charge in [-0.2, -0.15) is 0 Å². The predicted octanol–water partition coefficient (Wildman–Crippen LogP) is 5.45. The van der Waals surface area contributed by atoms with E-state index < -0.39 is 0 Å². The number of benzene rings is 2. The first-order valence-electron chi connectivity index (χ1n) is 6.61.